The predicted octanol–water partition coefficient (Wildman–Crippen LogP) is 2.59. The summed E-state index contributed by atoms with van der Waals surface area (Å²) in [6.45, 7) is 8.87. The second-order valence-corrected chi connectivity index (χ2v) is 6.76. The number of rotatable bonds is 5. The fourth-order valence-corrected chi connectivity index (χ4v) is 3.88. The highest BCUT2D eigenvalue weighted by molar-refractivity contribution is 7.18. The Labute approximate surface area is 129 Å². The van der Waals surface area contributed by atoms with Gasteiger partial charge in [0.15, 0.2) is 0 Å². The first-order valence-electron chi connectivity index (χ1n) is 7.71. The maximum absolute atomic E-state index is 5.84. The number of aryl methyl sites for hydroxylation is 1. The Balaban J connectivity index is 1.75. The molecule has 5 nitrogen and oxygen atoms in total. The van der Waals surface area contributed by atoms with Gasteiger partial charge in [-0.2, -0.15) is 4.98 Å². The van der Waals surface area contributed by atoms with Crippen LogP contribution in [-0.4, -0.2) is 41.0 Å². The van der Waals surface area contributed by atoms with Gasteiger partial charge in [-0.25, -0.2) is 4.98 Å². The van der Waals surface area contributed by atoms with Crippen molar-refractivity contribution in [2.24, 2.45) is 5.92 Å². The predicted molar refractivity (Wildman–Crippen MR) is 89.9 cm³/mol. The minimum atomic E-state index is 0.358. The van der Waals surface area contributed by atoms with Crippen LogP contribution in [0, 0.1) is 5.92 Å². The van der Waals surface area contributed by atoms with Crippen molar-refractivity contribution in [2.45, 2.75) is 26.7 Å². The molecule has 1 atom stereocenters. The Hall–Kier alpha value is -1.40. The summed E-state index contributed by atoms with van der Waals surface area (Å²) in [7, 11) is 0. The maximum Gasteiger partial charge on any atom is 0.223 e. The molecule has 114 valence electrons. The van der Waals surface area contributed by atoms with Crippen molar-refractivity contribution in [3.8, 4) is 0 Å². The number of aromatic nitrogens is 2. The molecule has 0 saturated carbocycles. The molecule has 6 heteroatoms. The van der Waals surface area contributed by atoms with Gasteiger partial charge in [-0.05, 0) is 37.9 Å². The van der Waals surface area contributed by atoms with E-state index in [1.807, 2.05) is 0 Å². The molecule has 1 unspecified atom stereocenters. The Kier molecular flexibility index (Phi) is 4.26. The zero-order valence-electron chi connectivity index (χ0n) is 12.7. The van der Waals surface area contributed by atoms with E-state index < -0.39 is 0 Å². The first-order valence-corrected chi connectivity index (χ1v) is 8.53. The van der Waals surface area contributed by atoms with Crippen molar-refractivity contribution in [1.82, 2.24) is 14.9 Å². The molecule has 2 aromatic rings. The summed E-state index contributed by atoms with van der Waals surface area (Å²) in [6, 6.07) is 2.19. The van der Waals surface area contributed by atoms with Crippen molar-refractivity contribution in [1.29, 1.82) is 0 Å². The topological polar surface area (TPSA) is 67.1 Å². The monoisotopic (exact) mass is 305 g/mol. The number of anilines is 2. The first-order chi connectivity index (χ1) is 10.2. The molecule has 0 bridgehead atoms. The lowest BCUT2D eigenvalue weighted by Gasteiger charge is -2.14. The number of thiophene rings is 1. The molecule has 1 aliphatic rings. The summed E-state index contributed by atoms with van der Waals surface area (Å²) in [5.41, 5.74) is 5.84. The van der Waals surface area contributed by atoms with Gasteiger partial charge in [0.05, 0.1) is 5.39 Å². The van der Waals surface area contributed by atoms with Gasteiger partial charge in [-0.1, -0.05) is 13.8 Å². The molecular weight excluding hydrogens is 282 g/mol. The fraction of sp³-hybridized carbons (Fsp3) is 0.600. The molecule has 3 heterocycles. The van der Waals surface area contributed by atoms with E-state index in [0.29, 0.717) is 11.9 Å². The minimum absolute atomic E-state index is 0.358. The molecule has 3 rings (SSSR count). The van der Waals surface area contributed by atoms with Gasteiger partial charge in [0.25, 0.3) is 0 Å². The van der Waals surface area contributed by atoms with Crippen LogP contribution < -0.4 is 11.1 Å². The van der Waals surface area contributed by atoms with Crippen LogP contribution in [-0.2, 0) is 6.42 Å². The van der Waals surface area contributed by atoms with E-state index >= 15 is 0 Å². The lowest BCUT2D eigenvalue weighted by Crippen LogP contribution is -2.22. The van der Waals surface area contributed by atoms with Gasteiger partial charge in [0, 0.05) is 18.0 Å². The third-order valence-corrected chi connectivity index (χ3v) is 5.36. The molecule has 0 amide bonds. The Morgan fingerprint density at radius 1 is 1.43 bits per heavy atom. The Morgan fingerprint density at radius 2 is 2.29 bits per heavy atom. The van der Waals surface area contributed by atoms with Crippen LogP contribution in [0.15, 0.2) is 6.07 Å². The second kappa shape index (κ2) is 6.15. The SMILES string of the molecule is CCc1cc2c(NCC3CCN(CC)C3)nc(N)nc2s1. The summed E-state index contributed by atoms with van der Waals surface area (Å²) in [5.74, 6) is 1.94. The molecule has 1 saturated heterocycles. The van der Waals surface area contributed by atoms with Gasteiger partial charge >= 0.3 is 0 Å². The van der Waals surface area contributed by atoms with E-state index in [1.54, 1.807) is 11.3 Å². The normalized spacial score (nSPS) is 19.4. The van der Waals surface area contributed by atoms with E-state index in [1.165, 1.54) is 24.4 Å². The van der Waals surface area contributed by atoms with Crippen molar-refractivity contribution < 1.29 is 0 Å². The van der Waals surface area contributed by atoms with Crippen molar-refractivity contribution in [2.75, 3.05) is 37.2 Å². The summed E-state index contributed by atoms with van der Waals surface area (Å²) in [6.07, 6.45) is 2.28. The lowest BCUT2D eigenvalue weighted by molar-refractivity contribution is 0.345. The maximum atomic E-state index is 5.84. The van der Waals surface area contributed by atoms with Crippen LogP contribution in [0.5, 0.6) is 0 Å². The standard InChI is InChI=1S/C15H23N5S/c1-3-11-7-12-13(18-15(16)19-14(12)21-11)17-8-10-5-6-20(4-2)9-10/h7,10H,3-6,8-9H2,1-2H3,(H3,16,17,18,19). The van der Waals surface area contributed by atoms with E-state index in [9.17, 15) is 0 Å². The number of hydrogen-bond donors (Lipinski definition) is 2. The third kappa shape index (κ3) is 3.11. The molecule has 3 N–H and O–H groups in total. The van der Waals surface area contributed by atoms with Crippen LogP contribution in [0.25, 0.3) is 10.2 Å². The van der Waals surface area contributed by atoms with Crippen LogP contribution in [0.4, 0.5) is 11.8 Å². The van der Waals surface area contributed by atoms with E-state index in [2.05, 4.69) is 40.1 Å². The molecule has 0 aromatic carbocycles. The first kappa shape index (κ1) is 14.5. The summed E-state index contributed by atoms with van der Waals surface area (Å²) in [4.78, 5) is 13.6. The van der Waals surface area contributed by atoms with E-state index in [4.69, 9.17) is 5.73 Å². The smallest absolute Gasteiger partial charge is 0.223 e. The van der Waals surface area contributed by atoms with E-state index in [-0.39, 0.29) is 0 Å². The van der Waals surface area contributed by atoms with Crippen LogP contribution in [0.3, 0.4) is 0 Å². The molecule has 1 fully saturated rings. The van der Waals surface area contributed by atoms with E-state index in [0.717, 1.165) is 35.5 Å². The third-order valence-electron chi connectivity index (χ3n) is 4.18. The van der Waals surface area contributed by atoms with Gasteiger partial charge < -0.3 is 16.0 Å². The van der Waals surface area contributed by atoms with Gasteiger partial charge in [-0.3, -0.25) is 0 Å². The van der Waals surface area contributed by atoms with Crippen LogP contribution in [0.2, 0.25) is 0 Å². The highest BCUT2D eigenvalue weighted by atomic mass is 32.1. The van der Waals surface area contributed by atoms with Crippen LogP contribution in [0.1, 0.15) is 25.1 Å². The Bertz CT molecular complexity index is 624. The van der Waals surface area contributed by atoms with Gasteiger partial charge in [0.1, 0.15) is 10.6 Å². The largest absolute Gasteiger partial charge is 0.369 e. The number of hydrogen-bond acceptors (Lipinski definition) is 6. The summed E-state index contributed by atoms with van der Waals surface area (Å²) < 4.78 is 0. The molecule has 0 spiro atoms. The number of fused-ring (bicyclic) bond motifs is 1. The fourth-order valence-electron chi connectivity index (χ4n) is 2.90. The molecular formula is C15H23N5S. The van der Waals surface area contributed by atoms with Gasteiger partial charge in [-0.15, -0.1) is 11.3 Å². The molecule has 0 radical (unpaired) electrons. The summed E-state index contributed by atoms with van der Waals surface area (Å²) >= 11 is 1.71. The van der Waals surface area contributed by atoms with Crippen molar-refractivity contribution in [3.63, 3.8) is 0 Å². The Morgan fingerprint density at radius 3 is 3.00 bits per heavy atom. The molecule has 2 aromatic heterocycles. The zero-order chi connectivity index (χ0) is 14.8. The second-order valence-electron chi connectivity index (χ2n) is 5.64. The molecule has 1 aliphatic heterocycles. The average molecular weight is 305 g/mol. The molecule has 0 aliphatic carbocycles. The molecule has 21 heavy (non-hydrogen) atoms. The van der Waals surface area contributed by atoms with Gasteiger partial charge in [0.2, 0.25) is 5.95 Å². The number of nitrogens with zero attached hydrogens (tertiary/aromatic N) is 3. The average Bonchev–Trinajstić information content (AvgIpc) is 3.10. The number of nitrogens with two attached hydrogens (primary N) is 1. The zero-order valence-corrected chi connectivity index (χ0v) is 13.5. The minimum Gasteiger partial charge on any atom is -0.369 e. The highest BCUT2D eigenvalue weighted by Gasteiger charge is 2.21. The lowest BCUT2D eigenvalue weighted by atomic mass is 10.1. The summed E-state index contributed by atoms with van der Waals surface area (Å²) in [5, 5.41) is 4.61. The van der Waals surface area contributed by atoms with Crippen molar-refractivity contribution >= 4 is 33.3 Å². The van der Waals surface area contributed by atoms with Crippen LogP contribution >= 0.6 is 11.3 Å². The number of nitrogen functional groups attached to an aromatic ring is 1. The van der Waals surface area contributed by atoms with Crippen molar-refractivity contribution in [3.05, 3.63) is 10.9 Å². The highest BCUT2D eigenvalue weighted by Crippen LogP contribution is 2.30. The quantitative estimate of drug-likeness (QED) is 0.889. The number of likely N-dealkylation sites (tertiary alicyclic amines) is 1. The number of nitrogens with one attached hydrogen (secondary N) is 1.